The molecule has 1 aromatic carbocycles. The van der Waals surface area contributed by atoms with E-state index >= 15 is 0 Å². The van der Waals surface area contributed by atoms with Gasteiger partial charge in [-0.25, -0.2) is 4.79 Å². The highest BCUT2D eigenvalue weighted by atomic mass is 35.5. The zero-order chi connectivity index (χ0) is 12.4. The number of rotatable bonds is 4. The largest absolute Gasteiger partial charge is 0.457 e. The minimum Gasteiger partial charge on any atom is -0.457 e. The van der Waals surface area contributed by atoms with E-state index in [9.17, 15) is 4.79 Å². The van der Waals surface area contributed by atoms with Gasteiger partial charge in [-0.3, -0.25) is 0 Å². The maximum Gasteiger partial charge on any atom is 0.339 e. The average Bonchev–Trinajstić information content (AvgIpc) is 2.66. The van der Waals surface area contributed by atoms with Crippen molar-refractivity contribution < 1.29 is 14.6 Å². The van der Waals surface area contributed by atoms with Crippen molar-refractivity contribution in [1.29, 1.82) is 0 Å². The number of aliphatic hydroxyl groups excluding tert-OH is 1. The van der Waals surface area contributed by atoms with Crippen molar-refractivity contribution in [3.8, 4) is 0 Å². The fourth-order valence-electron chi connectivity index (χ4n) is 1.96. The number of aliphatic hydroxyl groups is 1. The average molecular weight is 275 g/mol. The zero-order valence-electron chi connectivity index (χ0n) is 9.13. The highest BCUT2D eigenvalue weighted by molar-refractivity contribution is 6.36. The molecule has 17 heavy (non-hydrogen) atoms. The van der Waals surface area contributed by atoms with Crippen LogP contribution < -0.4 is 0 Å². The van der Waals surface area contributed by atoms with Crippen molar-refractivity contribution in [3.63, 3.8) is 0 Å². The Morgan fingerprint density at radius 3 is 2.76 bits per heavy atom. The number of carbonyl (C=O) groups excluding carboxylic acids is 1. The Morgan fingerprint density at radius 2 is 2.06 bits per heavy atom. The monoisotopic (exact) mass is 274 g/mol. The summed E-state index contributed by atoms with van der Waals surface area (Å²) in [6.07, 6.45) is 2.11. The maximum atomic E-state index is 11.6. The van der Waals surface area contributed by atoms with Gasteiger partial charge in [0, 0.05) is 22.2 Å². The van der Waals surface area contributed by atoms with Crippen molar-refractivity contribution >= 4 is 29.2 Å². The van der Waals surface area contributed by atoms with E-state index in [0.29, 0.717) is 28.5 Å². The van der Waals surface area contributed by atoms with Crippen molar-refractivity contribution in [2.24, 2.45) is 0 Å². The van der Waals surface area contributed by atoms with Gasteiger partial charge in [-0.2, -0.15) is 0 Å². The summed E-state index contributed by atoms with van der Waals surface area (Å²) in [6.45, 7) is 0.356. The van der Waals surface area contributed by atoms with Crippen LogP contribution in [0.2, 0.25) is 10.0 Å². The Morgan fingerprint density at radius 1 is 1.29 bits per heavy atom. The lowest BCUT2D eigenvalue weighted by Gasteiger charge is -2.09. The molecule has 0 unspecified atom stereocenters. The summed E-state index contributed by atoms with van der Waals surface area (Å²) < 4.78 is 4.97. The van der Waals surface area contributed by atoms with Gasteiger partial charge in [0.2, 0.25) is 0 Å². The van der Waals surface area contributed by atoms with Gasteiger partial charge in [-0.1, -0.05) is 23.2 Å². The number of cyclic esters (lactones) is 1. The van der Waals surface area contributed by atoms with Crippen LogP contribution in [0.25, 0.3) is 0 Å². The lowest BCUT2D eigenvalue weighted by molar-refractivity contribution is 0.0534. The van der Waals surface area contributed by atoms with E-state index in [1.807, 2.05) is 0 Å². The summed E-state index contributed by atoms with van der Waals surface area (Å²) in [7, 11) is 0. The molecule has 5 heteroatoms. The highest BCUT2D eigenvalue weighted by Gasteiger charge is 2.28. The lowest BCUT2D eigenvalue weighted by atomic mass is 9.98. The summed E-state index contributed by atoms with van der Waals surface area (Å²) in [5, 5.41) is 9.72. The van der Waals surface area contributed by atoms with Gasteiger partial charge in [0.15, 0.2) is 0 Å². The normalized spacial score (nSPS) is 13.7. The van der Waals surface area contributed by atoms with E-state index < -0.39 is 0 Å². The molecule has 1 N–H and O–H groups in total. The molecule has 0 aromatic heterocycles. The Bertz CT molecular complexity index is 458. The van der Waals surface area contributed by atoms with E-state index in [1.54, 1.807) is 6.07 Å². The number of carbonyl (C=O) groups is 1. The smallest absolute Gasteiger partial charge is 0.339 e. The lowest BCUT2D eigenvalue weighted by Crippen LogP contribution is -2.02. The van der Waals surface area contributed by atoms with Gasteiger partial charge < -0.3 is 9.84 Å². The second kappa shape index (κ2) is 5.25. The Kier molecular flexibility index (Phi) is 3.92. The number of esters is 1. The third-order valence-corrected chi connectivity index (χ3v) is 3.49. The van der Waals surface area contributed by atoms with Gasteiger partial charge in [-0.15, -0.1) is 0 Å². The van der Waals surface area contributed by atoms with E-state index in [0.717, 1.165) is 17.5 Å². The van der Waals surface area contributed by atoms with Gasteiger partial charge in [-0.05, 0) is 30.9 Å². The van der Waals surface area contributed by atoms with Crippen LogP contribution in [0.15, 0.2) is 6.07 Å². The number of hydrogen-bond donors (Lipinski definition) is 1. The molecule has 1 aliphatic rings. The van der Waals surface area contributed by atoms with Crippen LogP contribution in [-0.4, -0.2) is 17.7 Å². The van der Waals surface area contributed by atoms with Crippen LogP contribution in [-0.2, 0) is 17.8 Å². The first-order valence-corrected chi connectivity index (χ1v) is 6.18. The summed E-state index contributed by atoms with van der Waals surface area (Å²) in [5.41, 5.74) is 2.02. The maximum absolute atomic E-state index is 11.6. The molecule has 0 fully saturated rings. The van der Waals surface area contributed by atoms with Crippen molar-refractivity contribution in [3.05, 3.63) is 32.8 Å². The standard InChI is InChI=1S/C12H12Cl2O3/c13-9-5-10(14)8-6-17-12(16)11(8)7(9)3-1-2-4-15/h5,15H,1-4,6H2. The minimum atomic E-state index is -0.358. The van der Waals surface area contributed by atoms with E-state index in [2.05, 4.69) is 0 Å². The molecular weight excluding hydrogens is 263 g/mol. The molecule has 92 valence electrons. The van der Waals surface area contributed by atoms with E-state index in [1.165, 1.54) is 0 Å². The van der Waals surface area contributed by atoms with Crippen LogP contribution in [0.3, 0.4) is 0 Å². The van der Waals surface area contributed by atoms with Gasteiger partial charge in [0.25, 0.3) is 0 Å². The predicted molar refractivity (Wildman–Crippen MR) is 65.6 cm³/mol. The number of benzene rings is 1. The van der Waals surface area contributed by atoms with Crippen molar-refractivity contribution in [2.45, 2.75) is 25.9 Å². The summed E-state index contributed by atoms with van der Waals surface area (Å²) in [4.78, 5) is 11.6. The fraction of sp³-hybridized carbons (Fsp3) is 0.417. The second-order valence-corrected chi connectivity index (χ2v) is 4.74. The molecule has 2 rings (SSSR count). The summed E-state index contributed by atoms with van der Waals surface area (Å²) in [5.74, 6) is -0.358. The number of ether oxygens (including phenoxy) is 1. The Balaban J connectivity index is 2.37. The molecule has 0 spiro atoms. The van der Waals surface area contributed by atoms with Crippen molar-refractivity contribution in [1.82, 2.24) is 0 Å². The second-order valence-electron chi connectivity index (χ2n) is 3.93. The number of hydrogen-bond acceptors (Lipinski definition) is 3. The van der Waals surface area contributed by atoms with Crippen LogP contribution in [0.1, 0.15) is 34.3 Å². The minimum absolute atomic E-state index is 0.137. The zero-order valence-corrected chi connectivity index (χ0v) is 10.6. The third kappa shape index (κ3) is 2.41. The molecule has 0 aliphatic carbocycles. The van der Waals surface area contributed by atoms with Crippen molar-refractivity contribution in [2.75, 3.05) is 6.61 Å². The molecule has 0 saturated carbocycles. The van der Waals surface area contributed by atoms with E-state index in [4.69, 9.17) is 33.0 Å². The van der Waals surface area contributed by atoms with Crippen LogP contribution in [0.5, 0.6) is 0 Å². The molecule has 0 amide bonds. The summed E-state index contributed by atoms with van der Waals surface area (Å²) in [6, 6.07) is 1.65. The number of unbranched alkanes of at least 4 members (excludes halogenated alkanes) is 1. The van der Waals surface area contributed by atoms with E-state index in [-0.39, 0.29) is 19.2 Å². The molecule has 0 saturated heterocycles. The molecular formula is C12H12Cl2O3. The topological polar surface area (TPSA) is 46.5 Å². The summed E-state index contributed by atoms with van der Waals surface area (Å²) >= 11 is 12.1. The molecule has 0 radical (unpaired) electrons. The molecule has 3 nitrogen and oxygen atoms in total. The quantitative estimate of drug-likeness (QED) is 0.678. The fourth-order valence-corrected chi connectivity index (χ4v) is 2.57. The number of fused-ring (bicyclic) bond motifs is 1. The molecule has 1 aliphatic heterocycles. The predicted octanol–water partition coefficient (Wildman–Crippen LogP) is 2.98. The molecule has 1 aromatic rings. The number of halogens is 2. The first-order valence-electron chi connectivity index (χ1n) is 5.43. The first kappa shape index (κ1) is 12.7. The van der Waals surface area contributed by atoms with Crippen LogP contribution >= 0.6 is 23.2 Å². The van der Waals surface area contributed by atoms with Gasteiger partial charge in [0.1, 0.15) is 6.61 Å². The van der Waals surface area contributed by atoms with Crippen LogP contribution in [0.4, 0.5) is 0 Å². The Hall–Kier alpha value is -0.770. The van der Waals surface area contributed by atoms with Gasteiger partial charge in [0.05, 0.1) is 5.56 Å². The SMILES string of the molecule is O=C1OCc2c(Cl)cc(Cl)c(CCCCO)c21. The molecule has 0 bridgehead atoms. The third-order valence-electron chi connectivity index (χ3n) is 2.82. The highest BCUT2D eigenvalue weighted by Crippen LogP contribution is 2.35. The Labute approximate surface area is 109 Å². The first-order chi connectivity index (χ1) is 8.15. The van der Waals surface area contributed by atoms with Gasteiger partial charge >= 0.3 is 5.97 Å². The molecule has 0 atom stereocenters. The molecule has 1 heterocycles. The van der Waals surface area contributed by atoms with Crippen LogP contribution in [0, 0.1) is 0 Å².